The summed E-state index contributed by atoms with van der Waals surface area (Å²) in [7, 11) is 1.66. The first-order valence-electron chi connectivity index (χ1n) is 7.31. The molecular formula is C17H13ClN4OS. The zero-order chi connectivity index (χ0) is 16.5. The summed E-state index contributed by atoms with van der Waals surface area (Å²) < 4.78 is 7.08. The predicted octanol–water partition coefficient (Wildman–Crippen LogP) is 3.97. The van der Waals surface area contributed by atoms with Gasteiger partial charge < -0.3 is 4.74 Å². The molecule has 5 nitrogen and oxygen atoms in total. The summed E-state index contributed by atoms with van der Waals surface area (Å²) in [5.74, 6) is 2.26. The Kier molecular flexibility index (Phi) is 4.00. The Labute approximate surface area is 148 Å². The Morgan fingerprint density at radius 1 is 1.08 bits per heavy atom. The average Bonchev–Trinajstić information content (AvgIpc) is 3.05. The van der Waals surface area contributed by atoms with Crippen molar-refractivity contribution in [2.45, 2.75) is 5.16 Å². The number of fused-ring (bicyclic) bond motifs is 1. The molecule has 2 aromatic carbocycles. The first-order valence-corrected chi connectivity index (χ1v) is 8.67. The fraction of sp³-hybridized carbons (Fsp3) is 0.118. The molecule has 1 aliphatic rings. The number of rotatable bonds is 3. The maximum atomic E-state index is 5.96. The van der Waals surface area contributed by atoms with Gasteiger partial charge in [0.25, 0.3) is 0 Å². The van der Waals surface area contributed by atoms with E-state index < -0.39 is 0 Å². The van der Waals surface area contributed by atoms with Crippen molar-refractivity contribution in [3.05, 3.63) is 59.1 Å². The molecule has 1 aromatic heterocycles. The lowest BCUT2D eigenvalue weighted by atomic mass is 10.1. The van der Waals surface area contributed by atoms with E-state index in [0.29, 0.717) is 10.8 Å². The van der Waals surface area contributed by atoms with Gasteiger partial charge in [-0.05, 0) is 36.4 Å². The summed E-state index contributed by atoms with van der Waals surface area (Å²) in [6.07, 6.45) is 0. The second-order valence-electron chi connectivity index (χ2n) is 5.19. The molecule has 0 radical (unpaired) electrons. The number of methoxy groups -OCH3 is 1. The molecule has 120 valence electrons. The lowest BCUT2D eigenvalue weighted by molar-refractivity contribution is 0.414. The van der Waals surface area contributed by atoms with Gasteiger partial charge in [-0.2, -0.15) is 9.78 Å². The normalized spacial score (nSPS) is 13.3. The molecule has 0 bridgehead atoms. The van der Waals surface area contributed by atoms with Crippen LogP contribution in [0.2, 0.25) is 5.02 Å². The highest BCUT2D eigenvalue weighted by molar-refractivity contribution is 7.99. The molecule has 4 rings (SSSR count). The van der Waals surface area contributed by atoms with Gasteiger partial charge in [-0.15, -0.1) is 10.2 Å². The molecule has 0 spiro atoms. The van der Waals surface area contributed by atoms with Gasteiger partial charge >= 0.3 is 0 Å². The number of ether oxygens (including phenoxy) is 1. The summed E-state index contributed by atoms with van der Waals surface area (Å²) in [6.45, 7) is 0. The first-order chi connectivity index (χ1) is 11.7. The first kappa shape index (κ1) is 15.2. The van der Waals surface area contributed by atoms with E-state index in [1.165, 1.54) is 0 Å². The van der Waals surface area contributed by atoms with E-state index in [9.17, 15) is 0 Å². The largest absolute Gasteiger partial charge is 0.497 e. The highest BCUT2D eigenvalue weighted by atomic mass is 35.5. The number of nitrogens with zero attached hydrogens (tertiary/aromatic N) is 4. The minimum Gasteiger partial charge on any atom is -0.497 e. The van der Waals surface area contributed by atoms with E-state index in [4.69, 9.17) is 21.4 Å². The maximum absolute atomic E-state index is 5.96. The molecule has 1 aliphatic heterocycles. The molecule has 0 saturated heterocycles. The molecule has 24 heavy (non-hydrogen) atoms. The number of hydrogen-bond acceptors (Lipinski definition) is 5. The van der Waals surface area contributed by atoms with Crippen molar-refractivity contribution in [2.75, 3.05) is 12.9 Å². The molecule has 3 aromatic rings. The quantitative estimate of drug-likeness (QED) is 0.712. The van der Waals surface area contributed by atoms with Gasteiger partial charge in [-0.25, -0.2) is 0 Å². The highest BCUT2D eigenvalue weighted by Crippen LogP contribution is 2.29. The molecule has 7 heteroatoms. The van der Waals surface area contributed by atoms with Crippen molar-refractivity contribution in [2.24, 2.45) is 5.10 Å². The number of thioether (sulfide) groups is 1. The Bertz CT molecular complexity index is 921. The maximum Gasteiger partial charge on any atom is 0.212 e. The predicted molar refractivity (Wildman–Crippen MR) is 96.1 cm³/mol. The summed E-state index contributed by atoms with van der Waals surface area (Å²) in [5.41, 5.74) is 2.92. The molecule has 0 unspecified atom stereocenters. The highest BCUT2D eigenvalue weighted by Gasteiger charge is 2.20. The smallest absolute Gasteiger partial charge is 0.212 e. The van der Waals surface area contributed by atoms with Crippen LogP contribution in [0.5, 0.6) is 5.75 Å². The molecule has 0 amide bonds. The van der Waals surface area contributed by atoms with E-state index in [-0.39, 0.29) is 0 Å². The fourth-order valence-corrected chi connectivity index (χ4v) is 3.42. The summed E-state index contributed by atoms with van der Waals surface area (Å²) in [6, 6.07) is 15.4. The Hall–Kier alpha value is -2.31. The third-order valence-electron chi connectivity index (χ3n) is 3.68. The number of halogens is 1. The second-order valence-corrected chi connectivity index (χ2v) is 6.57. The van der Waals surface area contributed by atoms with Crippen LogP contribution >= 0.6 is 23.4 Å². The van der Waals surface area contributed by atoms with E-state index in [1.54, 1.807) is 23.5 Å². The van der Waals surface area contributed by atoms with Gasteiger partial charge in [0.15, 0.2) is 5.82 Å². The van der Waals surface area contributed by atoms with E-state index in [1.807, 2.05) is 48.5 Å². The van der Waals surface area contributed by atoms with E-state index in [0.717, 1.165) is 33.5 Å². The van der Waals surface area contributed by atoms with E-state index in [2.05, 4.69) is 10.2 Å². The molecule has 0 saturated carbocycles. The number of benzene rings is 2. The Balaban J connectivity index is 1.77. The van der Waals surface area contributed by atoms with Crippen LogP contribution < -0.4 is 4.74 Å². The standard InChI is InChI=1S/C17H13ClN4OS/c1-23-14-4-2-3-12(9-14)15-10-24-17-20-19-16(22(17)21-15)11-5-7-13(18)8-6-11/h2-9H,10H2,1H3. The lowest BCUT2D eigenvalue weighted by Crippen LogP contribution is -2.13. The van der Waals surface area contributed by atoms with E-state index >= 15 is 0 Å². The Morgan fingerprint density at radius 2 is 1.92 bits per heavy atom. The fourth-order valence-electron chi connectivity index (χ4n) is 2.45. The van der Waals surface area contributed by atoms with Crippen molar-refractivity contribution in [3.63, 3.8) is 0 Å². The summed E-state index contributed by atoms with van der Waals surface area (Å²) >= 11 is 7.58. The topological polar surface area (TPSA) is 52.3 Å². The molecule has 0 atom stereocenters. The van der Waals surface area contributed by atoms with Gasteiger partial charge in [0.05, 0.1) is 12.8 Å². The van der Waals surface area contributed by atoms with Crippen molar-refractivity contribution in [3.8, 4) is 17.1 Å². The minimum atomic E-state index is 0.687. The molecule has 0 fully saturated rings. The van der Waals surface area contributed by atoms with Gasteiger partial charge in [0, 0.05) is 21.9 Å². The van der Waals surface area contributed by atoms with Crippen LogP contribution in [0, 0.1) is 0 Å². The summed E-state index contributed by atoms with van der Waals surface area (Å²) in [4.78, 5) is 0. The van der Waals surface area contributed by atoms with Crippen LogP contribution in [-0.4, -0.2) is 33.4 Å². The van der Waals surface area contributed by atoms with Gasteiger partial charge in [-0.3, -0.25) is 0 Å². The van der Waals surface area contributed by atoms with Crippen LogP contribution in [0.25, 0.3) is 11.4 Å². The zero-order valence-corrected chi connectivity index (χ0v) is 14.4. The molecule has 0 N–H and O–H groups in total. The molecular weight excluding hydrogens is 344 g/mol. The summed E-state index contributed by atoms with van der Waals surface area (Å²) in [5, 5.41) is 14.7. The van der Waals surface area contributed by atoms with Gasteiger partial charge in [0.2, 0.25) is 5.16 Å². The Morgan fingerprint density at radius 3 is 2.71 bits per heavy atom. The van der Waals surface area contributed by atoms with Crippen LogP contribution in [-0.2, 0) is 0 Å². The average molecular weight is 357 g/mol. The van der Waals surface area contributed by atoms with Crippen molar-refractivity contribution in [1.29, 1.82) is 0 Å². The third kappa shape index (κ3) is 2.79. The van der Waals surface area contributed by atoms with Crippen molar-refractivity contribution in [1.82, 2.24) is 14.9 Å². The van der Waals surface area contributed by atoms with Crippen molar-refractivity contribution >= 4 is 29.1 Å². The van der Waals surface area contributed by atoms with Crippen LogP contribution in [0.1, 0.15) is 5.56 Å². The second kappa shape index (κ2) is 6.30. The van der Waals surface area contributed by atoms with Crippen LogP contribution in [0.15, 0.2) is 58.8 Å². The minimum absolute atomic E-state index is 0.687. The SMILES string of the molecule is COc1cccc(C2=Nn3c(nnc3-c3ccc(Cl)cc3)SC2)c1. The third-order valence-corrected chi connectivity index (χ3v) is 4.86. The molecule has 0 aliphatic carbocycles. The number of hydrogen-bond donors (Lipinski definition) is 0. The monoisotopic (exact) mass is 356 g/mol. The number of aromatic nitrogens is 3. The van der Waals surface area contributed by atoms with Crippen LogP contribution in [0.4, 0.5) is 0 Å². The molecule has 2 heterocycles. The van der Waals surface area contributed by atoms with Crippen molar-refractivity contribution < 1.29 is 4.74 Å². The van der Waals surface area contributed by atoms with Gasteiger partial charge in [-0.1, -0.05) is 35.5 Å². The van der Waals surface area contributed by atoms with Gasteiger partial charge in [0.1, 0.15) is 5.75 Å². The lowest BCUT2D eigenvalue weighted by Gasteiger charge is -2.14. The zero-order valence-electron chi connectivity index (χ0n) is 12.8. The van der Waals surface area contributed by atoms with Crippen LogP contribution in [0.3, 0.4) is 0 Å².